The molecule has 0 bridgehead atoms. The first-order valence-electron chi connectivity index (χ1n) is 8.47. The first kappa shape index (κ1) is 14.8. The second-order valence-electron chi connectivity index (χ2n) is 7.03. The summed E-state index contributed by atoms with van der Waals surface area (Å²) in [6, 6.07) is 2.32. The van der Waals surface area contributed by atoms with E-state index in [4.69, 9.17) is 0 Å². The molecule has 1 atom stereocenters. The second kappa shape index (κ2) is 6.30. The van der Waals surface area contributed by atoms with E-state index in [1.807, 2.05) is 6.07 Å². The molecule has 116 valence electrons. The minimum Gasteiger partial charge on any atom is -0.298 e. The van der Waals surface area contributed by atoms with Crippen LogP contribution in [0.1, 0.15) is 50.8 Å². The van der Waals surface area contributed by atoms with Gasteiger partial charge in [-0.25, -0.2) is 4.68 Å². The second-order valence-corrected chi connectivity index (χ2v) is 7.03. The molecule has 1 fully saturated rings. The molecular formula is C17H27N3O. The van der Waals surface area contributed by atoms with Gasteiger partial charge in [0.2, 0.25) is 0 Å². The first-order chi connectivity index (χ1) is 10.1. The summed E-state index contributed by atoms with van der Waals surface area (Å²) in [5.41, 5.74) is 2.44. The van der Waals surface area contributed by atoms with E-state index in [1.165, 1.54) is 37.8 Å². The fraction of sp³-hybridized carbons (Fsp3) is 0.765. The Morgan fingerprint density at radius 1 is 1.29 bits per heavy atom. The lowest BCUT2D eigenvalue weighted by molar-refractivity contribution is 0.202. The van der Waals surface area contributed by atoms with Crippen LogP contribution in [0.2, 0.25) is 0 Å². The van der Waals surface area contributed by atoms with Gasteiger partial charge in [0.15, 0.2) is 0 Å². The third-order valence-corrected chi connectivity index (χ3v) is 4.76. The normalized spacial score (nSPS) is 22.7. The number of rotatable bonds is 4. The van der Waals surface area contributed by atoms with Crippen LogP contribution in [0.15, 0.2) is 10.9 Å². The van der Waals surface area contributed by atoms with Crippen LogP contribution in [-0.2, 0) is 19.4 Å². The molecule has 4 nitrogen and oxygen atoms in total. The summed E-state index contributed by atoms with van der Waals surface area (Å²) in [6.07, 6.45) is 6.91. The van der Waals surface area contributed by atoms with Crippen LogP contribution in [0, 0.1) is 5.92 Å². The van der Waals surface area contributed by atoms with Crippen molar-refractivity contribution in [2.75, 3.05) is 13.1 Å². The lowest BCUT2D eigenvalue weighted by atomic mass is 9.97. The molecule has 0 radical (unpaired) electrons. The molecule has 1 saturated heterocycles. The van der Waals surface area contributed by atoms with Crippen molar-refractivity contribution in [3.63, 3.8) is 0 Å². The molecule has 0 spiro atoms. The zero-order valence-corrected chi connectivity index (χ0v) is 13.3. The van der Waals surface area contributed by atoms with E-state index in [0.29, 0.717) is 12.0 Å². The number of hydrogen-bond donors (Lipinski definition) is 0. The number of aromatic nitrogens is 2. The number of nitrogens with zero attached hydrogens (tertiary/aromatic N) is 3. The van der Waals surface area contributed by atoms with E-state index in [9.17, 15) is 4.79 Å². The summed E-state index contributed by atoms with van der Waals surface area (Å²) >= 11 is 0. The van der Waals surface area contributed by atoms with E-state index in [2.05, 4.69) is 23.8 Å². The minimum absolute atomic E-state index is 0.0899. The van der Waals surface area contributed by atoms with E-state index in [1.54, 1.807) is 4.68 Å². The third kappa shape index (κ3) is 3.37. The fourth-order valence-corrected chi connectivity index (χ4v) is 3.74. The molecule has 21 heavy (non-hydrogen) atoms. The van der Waals surface area contributed by atoms with Gasteiger partial charge in [0.05, 0.1) is 12.2 Å². The zero-order valence-electron chi connectivity index (χ0n) is 13.3. The molecule has 0 N–H and O–H groups in total. The molecule has 0 saturated carbocycles. The molecule has 0 aromatic carbocycles. The third-order valence-electron chi connectivity index (χ3n) is 4.76. The van der Waals surface area contributed by atoms with E-state index >= 15 is 0 Å². The maximum atomic E-state index is 12.3. The first-order valence-corrected chi connectivity index (χ1v) is 8.47. The highest BCUT2D eigenvalue weighted by Crippen LogP contribution is 2.21. The van der Waals surface area contributed by atoms with E-state index in [0.717, 1.165) is 31.6 Å². The summed E-state index contributed by atoms with van der Waals surface area (Å²) in [4.78, 5) is 14.8. The lowest BCUT2D eigenvalue weighted by Crippen LogP contribution is -2.39. The Morgan fingerprint density at radius 2 is 2.10 bits per heavy atom. The number of fused-ring (bicyclic) bond motifs is 1. The maximum absolute atomic E-state index is 12.3. The average Bonchev–Trinajstić information content (AvgIpc) is 2.86. The summed E-state index contributed by atoms with van der Waals surface area (Å²) in [5.74, 6) is 0.679. The van der Waals surface area contributed by atoms with Crippen LogP contribution in [0.5, 0.6) is 0 Å². The fourth-order valence-electron chi connectivity index (χ4n) is 3.74. The molecule has 2 heterocycles. The standard InChI is InChI=1S/C17H27N3O/c1-13(2)11-19-9-5-7-15(19)12-20-17(21)10-14-6-3-4-8-16(14)18-20/h10,13,15H,3-9,11-12H2,1-2H3. The molecule has 1 aromatic heterocycles. The lowest BCUT2D eigenvalue weighted by Gasteiger charge is -2.26. The topological polar surface area (TPSA) is 38.1 Å². The predicted octanol–water partition coefficient (Wildman–Crippen LogP) is 2.24. The van der Waals surface area contributed by atoms with Gasteiger partial charge < -0.3 is 0 Å². The Bertz CT molecular complexity index is 549. The number of aryl methyl sites for hydroxylation is 2. The smallest absolute Gasteiger partial charge is 0.267 e. The van der Waals surface area contributed by atoms with Gasteiger partial charge in [0.25, 0.3) is 5.56 Å². The summed E-state index contributed by atoms with van der Waals surface area (Å²) < 4.78 is 1.73. The predicted molar refractivity (Wildman–Crippen MR) is 84.6 cm³/mol. The van der Waals surface area contributed by atoms with Crippen molar-refractivity contribution < 1.29 is 0 Å². The summed E-state index contributed by atoms with van der Waals surface area (Å²) in [6.45, 7) is 7.59. The van der Waals surface area contributed by atoms with Crippen LogP contribution < -0.4 is 5.56 Å². The van der Waals surface area contributed by atoms with Crippen molar-refractivity contribution in [3.8, 4) is 0 Å². The van der Waals surface area contributed by atoms with Crippen molar-refractivity contribution in [1.82, 2.24) is 14.7 Å². The molecule has 3 rings (SSSR count). The Hall–Kier alpha value is -1.16. The number of likely N-dealkylation sites (tertiary alicyclic amines) is 1. The van der Waals surface area contributed by atoms with Gasteiger partial charge in [0, 0.05) is 18.7 Å². The SMILES string of the molecule is CC(C)CN1CCCC1Cn1nc2c(cc1=O)CCCC2. The van der Waals surface area contributed by atoms with Crippen molar-refractivity contribution in [1.29, 1.82) is 0 Å². The van der Waals surface area contributed by atoms with Crippen molar-refractivity contribution in [2.45, 2.75) is 65.0 Å². The summed E-state index contributed by atoms with van der Waals surface area (Å²) in [5, 5.41) is 4.67. The molecule has 1 aliphatic carbocycles. The minimum atomic E-state index is 0.0899. The monoisotopic (exact) mass is 289 g/mol. The Balaban J connectivity index is 1.76. The molecule has 1 aromatic rings. The van der Waals surface area contributed by atoms with Crippen LogP contribution >= 0.6 is 0 Å². The van der Waals surface area contributed by atoms with Gasteiger partial charge >= 0.3 is 0 Å². The van der Waals surface area contributed by atoms with Gasteiger partial charge in [-0.3, -0.25) is 9.69 Å². The molecule has 0 amide bonds. The highest BCUT2D eigenvalue weighted by atomic mass is 16.1. The molecule has 1 aliphatic heterocycles. The van der Waals surface area contributed by atoms with Crippen molar-refractivity contribution >= 4 is 0 Å². The van der Waals surface area contributed by atoms with Crippen LogP contribution in [0.25, 0.3) is 0 Å². The van der Waals surface area contributed by atoms with Gasteiger partial charge in [0.1, 0.15) is 0 Å². The van der Waals surface area contributed by atoms with Crippen molar-refractivity contribution in [2.24, 2.45) is 5.92 Å². The van der Waals surface area contributed by atoms with Gasteiger partial charge in [-0.1, -0.05) is 13.8 Å². The maximum Gasteiger partial charge on any atom is 0.267 e. The van der Waals surface area contributed by atoms with Crippen LogP contribution in [-0.4, -0.2) is 33.8 Å². The Kier molecular flexibility index (Phi) is 4.43. The number of hydrogen-bond acceptors (Lipinski definition) is 3. The van der Waals surface area contributed by atoms with E-state index in [-0.39, 0.29) is 5.56 Å². The highest BCUT2D eigenvalue weighted by Gasteiger charge is 2.26. The average molecular weight is 289 g/mol. The molecule has 4 heteroatoms. The Morgan fingerprint density at radius 3 is 2.90 bits per heavy atom. The van der Waals surface area contributed by atoms with Crippen molar-refractivity contribution in [3.05, 3.63) is 27.7 Å². The van der Waals surface area contributed by atoms with Gasteiger partial charge in [-0.15, -0.1) is 0 Å². The Labute approximate surface area is 127 Å². The molecular weight excluding hydrogens is 262 g/mol. The largest absolute Gasteiger partial charge is 0.298 e. The summed E-state index contributed by atoms with van der Waals surface area (Å²) in [7, 11) is 0. The highest BCUT2D eigenvalue weighted by molar-refractivity contribution is 5.20. The molecule has 1 unspecified atom stereocenters. The molecule has 2 aliphatic rings. The quantitative estimate of drug-likeness (QED) is 0.853. The van der Waals surface area contributed by atoms with Gasteiger partial charge in [-0.05, 0) is 56.6 Å². The van der Waals surface area contributed by atoms with Crippen LogP contribution in [0.4, 0.5) is 0 Å². The van der Waals surface area contributed by atoms with E-state index < -0.39 is 0 Å². The van der Waals surface area contributed by atoms with Gasteiger partial charge in [-0.2, -0.15) is 5.10 Å². The zero-order chi connectivity index (χ0) is 14.8. The van der Waals surface area contributed by atoms with Crippen LogP contribution in [0.3, 0.4) is 0 Å².